The van der Waals surface area contributed by atoms with Gasteiger partial charge in [-0.2, -0.15) is 5.10 Å². The number of nitrogens with one attached hydrogen (secondary N) is 3. The van der Waals surface area contributed by atoms with E-state index in [-0.39, 0.29) is 16.4 Å². The van der Waals surface area contributed by atoms with Crippen LogP contribution >= 0.6 is 23.8 Å². The third-order valence-electron chi connectivity index (χ3n) is 3.58. The van der Waals surface area contributed by atoms with Crippen LogP contribution in [0.15, 0.2) is 69.3 Å². The Kier molecular flexibility index (Phi) is 5.87. The first-order valence-electron chi connectivity index (χ1n) is 7.95. The van der Waals surface area contributed by atoms with Crippen LogP contribution in [0, 0.1) is 0 Å². The minimum absolute atomic E-state index is 0.182. The van der Waals surface area contributed by atoms with Gasteiger partial charge < -0.3 is 10.4 Å². The number of hydrogen-bond donors (Lipinski definition) is 4. The molecule has 0 saturated heterocycles. The lowest BCUT2D eigenvalue weighted by Gasteiger charge is -2.10. The Hall–Kier alpha value is -3.43. The molecule has 0 radical (unpaired) electrons. The number of H-pyrrole nitrogens is 1. The van der Waals surface area contributed by atoms with E-state index in [2.05, 4.69) is 20.8 Å². The first kappa shape index (κ1) is 19.3. The number of hydrogen-bond acceptors (Lipinski definition) is 5. The van der Waals surface area contributed by atoms with Crippen LogP contribution in [0.3, 0.4) is 0 Å². The van der Waals surface area contributed by atoms with Crippen molar-refractivity contribution in [3.8, 4) is 11.6 Å². The summed E-state index contributed by atoms with van der Waals surface area (Å²) in [4.78, 5) is 26.3. The lowest BCUT2D eigenvalue weighted by molar-refractivity contribution is 0.430. The molecule has 1 heterocycles. The largest absolute Gasteiger partial charge is 0.493 e. The monoisotopic (exact) mass is 415 g/mol. The molecule has 0 saturated carbocycles. The SMILES string of the molecule is O=c1[nH]c(=O)n(-c2cccc(Cl)c2)c(O)c1C=NNC(=S)Nc1ccccc1. The molecule has 0 aliphatic carbocycles. The molecule has 10 heteroatoms. The Morgan fingerprint density at radius 3 is 2.64 bits per heavy atom. The van der Waals surface area contributed by atoms with E-state index in [4.69, 9.17) is 23.8 Å². The number of rotatable bonds is 4. The number of thiocarbonyl (C=S) groups is 1. The van der Waals surface area contributed by atoms with E-state index < -0.39 is 17.1 Å². The summed E-state index contributed by atoms with van der Waals surface area (Å²) in [5.41, 5.74) is 1.74. The number of halogens is 1. The van der Waals surface area contributed by atoms with Gasteiger partial charge in [0.2, 0.25) is 5.88 Å². The molecular formula is C18H14ClN5O3S. The van der Waals surface area contributed by atoms with Crippen LogP contribution in [-0.2, 0) is 0 Å². The second-order valence-corrected chi connectivity index (χ2v) is 6.35. The zero-order chi connectivity index (χ0) is 20.1. The van der Waals surface area contributed by atoms with Gasteiger partial charge in [-0.15, -0.1) is 0 Å². The van der Waals surface area contributed by atoms with E-state index in [1.165, 1.54) is 6.07 Å². The summed E-state index contributed by atoms with van der Waals surface area (Å²) in [6, 6.07) is 15.4. The number of aromatic hydroxyl groups is 1. The molecule has 28 heavy (non-hydrogen) atoms. The zero-order valence-electron chi connectivity index (χ0n) is 14.2. The van der Waals surface area contributed by atoms with Crippen LogP contribution in [-0.4, -0.2) is 26.0 Å². The van der Waals surface area contributed by atoms with Crippen molar-refractivity contribution in [1.29, 1.82) is 0 Å². The van der Waals surface area contributed by atoms with Crippen LogP contribution < -0.4 is 22.0 Å². The lowest BCUT2D eigenvalue weighted by atomic mass is 10.3. The Bertz CT molecular complexity index is 1160. The van der Waals surface area contributed by atoms with Crippen molar-refractivity contribution < 1.29 is 5.11 Å². The Morgan fingerprint density at radius 1 is 1.18 bits per heavy atom. The second-order valence-electron chi connectivity index (χ2n) is 5.50. The van der Waals surface area contributed by atoms with E-state index in [1.807, 2.05) is 30.3 Å². The minimum Gasteiger partial charge on any atom is -0.493 e. The van der Waals surface area contributed by atoms with E-state index >= 15 is 0 Å². The van der Waals surface area contributed by atoms with Gasteiger partial charge in [0.05, 0.1) is 11.9 Å². The fourth-order valence-electron chi connectivity index (χ4n) is 2.35. The molecule has 0 aliphatic rings. The highest BCUT2D eigenvalue weighted by atomic mass is 35.5. The van der Waals surface area contributed by atoms with E-state index in [0.717, 1.165) is 16.5 Å². The maximum Gasteiger partial charge on any atom is 0.335 e. The van der Waals surface area contributed by atoms with Crippen LogP contribution in [0.1, 0.15) is 5.56 Å². The summed E-state index contributed by atoms with van der Waals surface area (Å²) in [7, 11) is 0. The fourth-order valence-corrected chi connectivity index (χ4v) is 2.70. The van der Waals surface area contributed by atoms with Gasteiger partial charge in [-0.1, -0.05) is 35.9 Å². The number of aromatic nitrogens is 2. The van der Waals surface area contributed by atoms with Crippen LogP contribution in [0.2, 0.25) is 5.02 Å². The number of nitrogens with zero attached hydrogens (tertiary/aromatic N) is 2. The summed E-state index contributed by atoms with van der Waals surface area (Å²) in [6.07, 6.45) is 1.06. The molecule has 3 rings (SSSR count). The summed E-state index contributed by atoms with van der Waals surface area (Å²) < 4.78 is 0.912. The van der Waals surface area contributed by atoms with Crippen molar-refractivity contribution in [2.24, 2.45) is 5.10 Å². The van der Waals surface area contributed by atoms with Crippen molar-refractivity contribution >= 4 is 40.8 Å². The molecule has 3 aromatic rings. The maximum absolute atomic E-state index is 12.1. The normalized spacial score (nSPS) is 10.8. The molecule has 0 aliphatic heterocycles. The van der Waals surface area contributed by atoms with Crippen molar-refractivity contribution in [2.45, 2.75) is 0 Å². The standard InChI is InChI=1S/C18H14ClN5O3S/c19-11-5-4-8-13(9-11)24-16(26)14(15(25)22-18(24)27)10-20-23-17(28)21-12-6-2-1-3-7-12/h1-10,26H,(H2,21,23,28)(H,22,25,27). The summed E-state index contributed by atoms with van der Waals surface area (Å²) in [5, 5.41) is 17.7. The molecule has 8 nitrogen and oxygen atoms in total. The van der Waals surface area contributed by atoms with Crippen molar-refractivity contribution in [3.05, 3.63) is 86.0 Å². The van der Waals surface area contributed by atoms with E-state index in [0.29, 0.717) is 5.02 Å². The van der Waals surface area contributed by atoms with Gasteiger partial charge in [0.15, 0.2) is 5.11 Å². The number of para-hydroxylation sites is 1. The molecule has 0 fully saturated rings. The van der Waals surface area contributed by atoms with Gasteiger partial charge >= 0.3 is 5.69 Å². The van der Waals surface area contributed by atoms with Gasteiger partial charge in [-0.3, -0.25) is 15.2 Å². The number of hydrazone groups is 1. The zero-order valence-corrected chi connectivity index (χ0v) is 15.8. The van der Waals surface area contributed by atoms with Gasteiger partial charge in [0.1, 0.15) is 5.56 Å². The van der Waals surface area contributed by atoms with Crippen molar-refractivity contribution in [3.63, 3.8) is 0 Å². The third kappa shape index (κ3) is 4.45. The van der Waals surface area contributed by atoms with Gasteiger partial charge in [0, 0.05) is 10.7 Å². The topological polar surface area (TPSA) is 112 Å². The van der Waals surface area contributed by atoms with Crippen molar-refractivity contribution in [1.82, 2.24) is 15.0 Å². The molecule has 1 aromatic heterocycles. The lowest BCUT2D eigenvalue weighted by Crippen LogP contribution is -2.31. The smallest absolute Gasteiger partial charge is 0.335 e. The summed E-state index contributed by atoms with van der Waals surface area (Å²) >= 11 is 11.0. The molecule has 0 spiro atoms. The summed E-state index contributed by atoms with van der Waals surface area (Å²) in [6.45, 7) is 0. The second kappa shape index (κ2) is 8.51. The van der Waals surface area contributed by atoms with Gasteiger partial charge in [0.25, 0.3) is 5.56 Å². The first-order chi connectivity index (χ1) is 13.5. The predicted molar refractivity (Wildman–Crippen MR) is 113 cm³/mol. The molecular weight excluding hydrogens is 402 g/mol. The average Bonchev–Trinajstić information content (AvgIpc) is 2.65. The average molecular weight is 416 g/mol. The first-order valence-corrected chi connectivity index (χ1v) is 8.73. The van der Waals surface area contributed by atoms with Gasteiger partial charge in [-0.05, 0) is 42.5 Å². The Morgan fingerprint density at radius 2 is 1.93 bits per heavy atom. The Balaban J connectivity index is 1.85. The number of aromatic amines is 1. The molecule has 0 atom stereocenters. The summed E-state index contributed by atoms with van der Waals surface area (Å²) in [5.74, 6) is -0.580. The molecule has 142 valence electrons. The fraction of sp³-hybridized carbons (Fsp3) is 0. The Labute approximate surface area is 169 Å². The number of benzene rings is 2. The highest BCUT2D eigenvalue weighted by Gasteiger charge is 2.14. The molecule has 4 N–H and O–H groups in total. The molecule has 0 amide bonds. The van der Waals surface area contributed by atoms with Gasteiger partial charge in [-0.25, -0.2) is 9.36 Å². The molecule has 2 aromatic carbocycles. The third-order valence-corrected chi connectivity index (χ3v) is 4.01. The highest BCUT2D eigenvalue weighted by molar-refractivity contribution is 7.80. The molecule has 0 unspecified atom stereocenters. The van der Waals surface area contributed by atoms with E-state index in [1.54, 1.807) is 18.2 Å². The van der Waals surface area contributed by atoms with Crippen LogP contribution in [0.5, 0.6) is 5.88 Å². The number of anilines is 1. The highest BCUT2D eigenvalue weighted by Crippen LogP contribution is 2.18. The molecule has 0 bridgehead atoms. The minimum atomic E-state index is -0.809. The predicted octanol–water partition coefficient (Wildman–Crippen LogP) is 2.21. The van der Waals surface area contributed by atoms with E-state index in [9.17, 15) is 14.7 Å². The van der Waals surface area contributed by atoms with Crippen LogP contribution in [0.4, 0.5) is 5.69 Å². The van der Waals surface area contributed by atoms with Crippen molar-refractivity contribution in [2.75, 3.05) is 5.32 Å². The quantitative estimate of drug-likeness (QED) is 0.295. The maximum atomic E-state index is 12.1. The van der Waals surface area contributed by atoms with Crippen LogP contribution in [0.25, 0.3) is 5.69 Å².